The molecule has 1 saturated heterocycles. The third-order valence-corrected chi connectivity index (χ3v) is 6.20. The number of ether oxygens (including phenoxy) is 1. The van der Waals surface area contributed by atoms with Crippen molar-refractivity contribution in [1.82, 2.24) is 24.8 Å². The standard InChI is InChI=1S/C26H25F4N7O2/c1-36-22-5-3-17(13-21(22)34-25(36)33-20-12-16(26(28,29)30)2-4-19(20)27)39-18-6-7-32-23(14-18)35-24(38)15-37-10-8-31-9-11-37/h2-7,12-14,31H,8-11,15H2,1H3,(H,33,34)(H,32,35,38). The fourth-order valence-corrected chi connectivity index (χ4v) is 4.21. The fourth-order valence-electron chi connectivity index (χ4n) is 4.21. The van der Waals surface area contributed by atoms with Crippen molar-refractivity contribution in [3.63, 3.8) is 0 Å². The maximum atomic E-state index is 14.2. The Balaban J connectivity index is 1.29. The van der Waals surface area contributed by atoms with Crippen LogP contribution < -0.4 is 20.7 Å². The molecule has 13 heteroatoms. The number of nitrogens with one attached hydrogen (secondary N) is 3. The number of imidazole rings is 1. The van der Waals surface area contributed by atoms with Crippen molar-refractivity contribution in [2.45, 2.75) is 6.18 Å². The molecule has 0 unspecified atom stereocenters. The van der Waals surface area contributed by atoms with Gasteiger partial charge >= 0.3 is 6.18 Å². The highest BCUT2D eigenvalue weighted by Crippen LogP contribution is 2.33. The number of hydrogen-bond acceptors (Lipinski definition) is 7. The van der Waals surface area contributed by atoms with Crippen molar-refractivity contribution in [3.8, 4) is 11.5 Å². The van der Waals surface area contributed by atoms with E-state index in [1.165, 1.54) is 6.20 Å². The second kappa shape index (κ2) is 10.9. The number of amides is 1. The predicted molar refractivity (Wildman–Crippen MR) is 138 cm³/mol. The minimum absolute atomic E-state index is 0.152. The average Bonchev–Trinajstić information content (AvgIpc) is 3.19. The van der Waals surface area contributed by atoms with E-state index in [4.69, 9.17) is 4.74 Å². The number of benzene rings is 2. The van der Waals surface area contributed by atoms with Gasteiger partial charge in [0.2, 0.25) is 11.9 Å². The molecule has 9 nitrogen and oxygen atoms in total. The zero-order valence-electron chi connectivity index (χ0n) is 20.8. The topological polar surface area (TPSA) is 96.3 Å². The smallest absolute Gasteiger partial charge is 0.416 e. The van der Waals surface area contributed by atoms with Crippen LogP contribution in [0.3, 0.4) is 0 Å². The second-order valence-electron chi connectivity index (χ2n) is 9.02. The number of anilines is 3. The normalized spacial score (nSPS) is 14.4. The summed E-state index contributed by atoms with van der Waals surface area (Å²) in [7, 11) is 1.65. The lowest BCUT2D eigenvalue weighted by molar-refractivity contribution is -0.137. The number of pyridine rings is 1. The maximum absolute atomic E-state index is 14.2. The van der Waals surface area contributed by atoms with Crippen LogP contribution in [-0.4, -0.2) is 58.1 Å². The van der Waals surface area contributed by atoms with Gasteiger partial charge in [0.05, 0.1) is 28.8 Å². The van der Waals surface area contributed by atoms with Crippen LogP contribution in [0.2, 0.25) is 0 Å². The third kappa shape index (κ3) is 6.26. The second-order valence-corrected chi connectivity index (χ2v) is 9.02. The molecule has 0 saturated carbocycles. The summed E-state index contributed by atoms with van der Waals surface area (Å²) in [5.41, 5.74) is -0.197. The molecule has 0 bridgehead atoms. The Morgan fingerprint density at radius 2 is 1.85 bits per heavy atom. The summed E-state index contributed by atoms with van der Waals surface area (Å²) in [5, 5.41) is 8.67. The van der Waals surface area contributed by atoms with Crippen molar-refractivity contribution in [3.05, 3.63) is 66.1 Å². The number of alkyl halides is 3. The van der Waals surface area contributed by atoms with Gasteiger partial charge in [-0.3, -0.25) is 9.69 Å². The Labute approximate surface area is 220 Å². The first kappa shape index (κ1) is 26.4. The van der Waals surface area contributed by atoms with E-state index in [1.807, 2.05) is 0 Å². The van der Waals surface area contributed by atoms with E-state index < -0.39 is 17.6 Å². The van der Waals surface area contributed by atoms with E-state index >= 15 is 0 Å². The number of nitrogens with zero attached hydrogens (tertiary/aromatic N) is 4. The Morgan fingerprint density at radius 1 is 1.08 bits per heavy atom. The van der Waals surface area contributed by atoms with Crippen LogP contribution in [0.4, 0.5) is 35.0 Å². The minimum atomic E-state index is -4.61. The van der Waals surface area contributed by atoms with Crippen LogP contribution in [0.25, 0.3) is 11.0 Å². The fraction of sp³-hybridized carbons (Fsp3) is 0.269. The van der Waals surface area contributed by atoms with Gasteiger partial charge < -0.3 is 25.3 Å². The molecule has 1 aliphatic rings. The number of carbonyl (C=O) groups excluding carboxylic acids is 1. The molecule has 3 heterocycles. The molecular weight excluding hydrogens is 518 g/mol. The molecular formula is C26H25F4N7O2. The summed E-state index contributed by atoms with van der Waals surface area (Å²) in [6.45, 7) is 3.55. The highest BCUT2D eigenvalue weighted by molar-refractivity contribution is 5.91. The number of fused-ring (bicyclic) bond motifs is 1. The molecule has 5 rings (SSSR count). The zero-order chi connectivity index (χ0) is 27.6. The maximum Gasteiger partial charge on any atom is 0.416 e. The Morgan fingerprint density at radius 3 is 2.62 bits per heavy atom. The van der Waals surface area contributed by atoms with Gasteiger partial charge in [-0.05, 0) is 36.4 Å². The monoisotopic (exact) mass is 543 g/mol. The SMILES string of the molecule is Cn1c(Nc2cc(C(F)(F)F)ccc2F)nc2cc(Oc3ccnc(NC(=O)CN4CCNCC4)c3)ccc21. The first-order chi connectivity index (χ1) is 18.7. The van der Waals surface area contributed by atoms with Crippen molar-refractivity contribution in [2.75, 3.05) is 43.4 Å². The molecule has 1 amide bonds. The average molecular weight is 544 g/mol. The summed E-state index contributed by atoms with van der Waals surface area (Å²) in [4.78, 5) is 23.0. The van der Waals surface area contributed by atoms with Gasteiger partial charge in [-0.1, -0.05) is 0 Å². The first-order valence-corrected chi connectivity index (χ1v) is 12.1. The summed E-state index contributed by atoms with van der Waals surface area (Å²) in [6, 6.07) is 10.4. The molecule has 0 aliphatic carbocycles. The number of hydrogen-bond donors (Lipinski definition) is 3. The molecule has 0 spiro atoms. The number of aromatic nitrogens is 3. The van der Waals surface area contributed by atoms with Crippen LogP contribution in [0.5, 0.6) is 11.5 Å². The zero-order valence-corrected chi connectivity index (χ0v) is 20.8. The van der Waals surface area contributed by atoms with Gasteiger partial charge in [-0.15, -0.1) is 0 Å². The first-order valence-electron chi connectivity index (χ1n) is 12.1. The van der Waals surface area contributed by atoms with E-state index in [-0.39, 0.29) is 24.1 Å². The van der Waals surface area contributed by atoms with Gasteiger partial charge in [0.15, 0.2) is 0 Å². The molecule has 2 aromatic heterocycles. The highest BCUT2D eigenvalue weighted by atomic mass is 19.4. The third-order valence-electron chi connectivity index (χ3n) is 6.20. The molecule has 1 fully saturated rings. The number of rotatable bonds is 7. The predicted octanol–water partition coefficient (Wildman–Crippen LogP) is 4.51. The molecule has 0 radical (unpaired) electrons. The van der Waals surface area contributed by atoms with Crippen molar-refractivity contribution >= 4 is 34.4 Å². The molecule has 1 aliphatic heterocycles. The van der Waals surface area contributed by atoms with Crippen LogP contribution in [-0.2, 0) is 18.0 Å². The summed E-state index contributed by atoms with van der Waals surface area (Å²) < 4.78 is 61.0. The summed E-state index contributed by atoms with van der Waals surface area (Å²) in [6.07, 6.45) is -3.09. The number of halogens is 4. The van der Waals surface area contributed by atoms with Crippen LogP contribution >= 0.6 is 0 Å². The van der Waals surface area contributed by atoms with Crippen LogP contribution in [0.1, 0.15) is 5.56 Å². The van der Waals surface area contributed by atoms with E-state index in [2.05, 4.69) is 30.8 Å². The van der Waals surface area contributed by atoms with Crippen molar-refractivity contribution < 1.29 is 27.1 Å². The van der Waals surface area contributed by atoms with Crippen LogP contribution in [0.15, 0.2) is 54.7 Å². The number of carbonyl (C=O) groups is 1. The van der Waals surface area contributed by atoms with Gasteiger partial charge in [0, 0.05) is 51.6 Å². The van der Waals surface area contributed by atoms with Crippen molar-refractivity contribution in [1.29, 1.82) is 0 Å². The Hall–Kier alpha value is -4.23. The lowest BCUT2D eigenvalue weighted by atomic mass is 10.2. The molecule has 204 valence electrons. The van der Waals surface area contributed by atoms with Crippen LogP contribution in [0, 0.1) is 5.82 Å². The number of aryl methyl sites for hydroxylation is 1. The van der Waals surface area contributed by atoms with Gasteiger partial charge in [-0.2, -0.15) is 13.2 Å². The summed E-state index contributed by atoms with van der Waals surface area (Å²) in [5.74, 6) is 0.352. The van der Waals surface area contributed by atoms with E-state index in [0.717, 1.165) is 32.2 Å². The molecule has 4 aromatic rings. The Kier molecular flexibility index (Phi) is 7.35. The van der Waals surface area contributed by atoms with E-state index in [1.54, 1.807) is 41.9 Å². The number of piperazine rings is 1. The highest BCUT2D eigenvalue weighted by Gasteiger charge is 2.31. The minimum Gasteiger partial charge on any atom is -0.457 e. The van der Waals surface area contributed by atoms with Gasteiger partial charge in [0.25, 0.3) is 0 Å². The molecule has 0 atom stereocenters. The molecule has 39 heavy (non-hydrogen) atoms. The lowest BCUT2D eigenvalue weighted by Crippen LogP contribution is -2.46. The molecule has 3 N–H and O–H groups in total. The van der Waals surface area contributed by atoms with Gasteiger partial charge in [0.1, 0.15) is 23.1 Å². The Bertz CT molecular complexity index is 1500. The van der Waals surface area contributed by atoms with E-state index in [9.17, 15) is 22.4 Å². The van der Waals surface area contributed by atoms with Gasteiger partial charge in [-0.25, -0.2) is 14.4 Å². The quantitative estimate of drug-likeness (QED) is 0.295. The lowest BCUT2D eigenvalue weighted by Gasteiger charge is -2.26. The molecule has 2 aromatic carbocycles. The van der Waals surface area contributed by atoms with E-state index in [0.29, 0.717) is 40.5 Å². The van der Waals surface area contributed by atoms with Crippen molar-refractivity contribution in [2.24, 2.45) is 7.05 Å². The largest absolute Gasteiger partial charge is 0.457 e. The summed E-state index contributed by atoms with van der Waals surface area (Å²) >= 11 is 0.